The van der Waals surface area contributed by atoms with Crippen LogP contribution >= 0.6 is 0 Å². The number of nitrogens with zero attached hydrogens (tertiary/aromatic N) is 6. The minimum Gasteiger partial charge on any atom is -0.340 e. The molecule has 0 radical (unpaired) electrons. The lowest BCUT2D eigenvalue weighted by Crippen LogP contribution is -2.57. The number of fused-ring (bicyclic) bond motifs is 1. The highest BCUT2D eigenvalue weighted by atomic mass is 16.2. The maximum absolute atomic E-state index is 12.9. The van der Waals surface area contributed by atoms with E-state index in [1.54, 1.807) is 17.3 Å². The van der Waals surface area contributed by atoms with Crippen molar-refractivity contribution < 1.29 is 4.79 Å². The molecule has 0 spiro atoms. The molecule has 7 nitrogen and oxygen atoms in total. The van der Waals surface area contributed by atoms with Gasteiger partial charge >= 0.3 is 0 Å². The summed E-state index contributed by atoms with van der Waals surface area (Å²) in [5.41, 5.74) is 1.78. The predicted octanol–water partition coefficient (Wildman–Crippen LogP) is 3.44. The molecule has 7 heteroatoms. The van der Waals surface area contributed by atoms with E-state index in [-0.39, 0.29) is 11.9 Å². The van der Waals surface area contributed by atoms with Gasteiger partial charge < -0.3 is 9.80 Å². The lowest BCUT2D eigenvalue weighted by atomic mass is 9.88. The lowest BCUT2D eigenvalue weighted by molar-refractivity contribution is -0.120. The number of hydrogen-bond acceptors (Lipinski definition) is 5. The van der Waals surface area contributed by atoms with Crippen LogP contribution in [0.3, 0.4) is 0 Å². The van der Waals surface area contributed by atoms with E-state index in [0.29, 0.717) is 12.0 Å². The maximum atomic E-state index is 12.9. The highest BCUT2D eigenvalue weighted by molar-refractivity contribution is 6.04. The topological polar surface area (TPSA) is 67.2 Å². The van der Waals surface area contributed by atoms with E-state index in [9.17, 15) is 4.79 Å². The first-order valence-electron chi connectivity index (χ1n) is 10.2. The van der Waals surface area contributed by atoms with Crippen LogP contribution in [0.4, 0.5) is 11.5 Å². The Bertz CT molecular complexity index is 1040. The highest BCUT2D eigenvalue weighted by Gasteiger charge is 2.42. The Labute approximate surface area is 170 Å². The normalized spacial score (nSPS) is 19.2. The zero-order valence-electron chi connectivity index (χ0n) is 16.7. The van der Waals surface area contributed by atoms with Crippen molar-refractivity contribution in [2.75, 3.05) is 16.8 Å². The van der Waals surface area contributed by atoms with Gasteiger partial charge in [-0.3, -0.25) is 9.36 Å². The summed E-state index contributed by atoms with van der Waals surface area (Å²) in [7, 11) is 1.82. The molecule has 0 bridgehead atoms. The van der Waals surface area contributed by atoms with Crippen molar-refractivity contribution in [1.82, 2.24) is 19.5 Å². The smallest absolute Gasteiger partial charge is 0.249 e. The molecule has 3 aromatic rings. The molecule has 5 rings (SSSR count). The summed E-state index contributed by atoms with van der Waals surface area (Å²) in [6.07, 6.45) is 9.58. The summed E-state index contributed by atoms with van der Waals surface area (Å²) in [5, 5.41) is 0. The molecule has 1 amide bonds. The Balaban J connectivity index is 1.63. The van der Waals surface area contributed by atoms with Gasteiger partial charge in [-0.25, -0.2) is 9.97 Å². The quantitative estimate of drug-likeness (QED) is 0.685. The number of hydrogen-bond donors (Lipinski definition) is 0. The minimum absolute atomic E-state index is 0.121. The van der Waals surface area contributed by atoms with Crippen LogP contribution in [0.25, 0.3) is 17.3 Å². The van der Waals surface area contributed by atoms with E-state index < -0.39 is 0 Å². The molecule has 1 aliphatic heterocycles. The average Bonchev–Trinajstić information content (AvgIpc) is 3.21. The van der Waals surface area contributed by atoms with Crippen LogP contribution in [0, 0.1) is 0 Å². The van der Waals surface area contributed by atoms with Crippen molar-refractivity contribution in [1.29, 1.82) is 0 Å². The van der Waals surface area contributed by atoms with Gasteiger partial charge in [0.2, 0.25) is 11.9 Å². The fourth-order valence-electron chi connectivity index (χ4n) is 4.24. The highest BCUT2D eigenvalue weighted by Crippen LogP contribution is 2.40. The van der Waals surface area contributed by atoms with Crippen molar-refractivity contribution in [2.45, 2.75) is 44.7 Å². The van der Waals surface area contributed by atoms with Crippen molar-refractivity contribution in [3.05, 3.63) is 48.9 Å². The molecule has 1 saturated carbocycles. The van der Waals surface area contributed by atoms with E-state index in [1.807, 2.05) is 48.1 Å². The van der Waals surface area contributed by atoms with E-state index in [1.165, 1.54) is 6.42 Å². The molecule has 2 aromatic heterocycles. The van der Waals surface area contributed by atoms with E-state index >= 15 is 0 Å². The second-order valence-corrected chi connectivity index (χ2v) is 7.68. The fraction of sp³-hybridized carbons (Fsp3) is 0.364. The number of amides is 1. The molecule has 2 aliphatic rings. The van der Waals surface area contributed by atoms with Crippen LogP contribution in [0.15, 0.2) is 48.9 Å². The summed E-state index contributed by atoms with van der Waals surface area (Å²) in [4.78, 5) is 30.9. The molecule has 1 atom stereocenters. The number of imidazole rings is 1. The Hall–Kier alpha value is -3.22. The Morgan fingerprint density at radius 2 is 1.93 bits per heavy atom. The zero-order chi connectivity index (χ0) is 20.0. The van der Waals surface area contributed by atoms with Crippen LogP contribution in [0.1, 0.15) is 32.6 Å². The largest absolute Gasteiger partial charge is 0.340 e. The van der Waals surface area contributed by atoms with Crippen LogP contribution in [0.5, 0.6) is 0 Å². The molecular formula is C22H24N6O. The van der Waals surface area contributed by atoms with Crippen LogP contribution < -0.4 is 9.80 Å². The lowest BCUT2D eigenvalue weighted by Gasteiger charge is -2.47. The molecule has 29 heavy (non-hydrogen) atoms. The number of likely N-dealkylation sites (N-methyl/N-ethyl adjacent to an activating group) is 1. The summed E-state index contributed by atoms with van der Waals surface area (Å²) in [5.74, 6) is 2.34. The second kappa shape index (κ2) is 6.99. The fourth-order valence-corrected chi connectivity index (χ4v) is 4.24. The molecule has 3 heterocycles. The van der Waals surface area contributed by atoms with E-state index in [0.717, 1.165) is 42.2 Å². The van der Waals surface area contributed by atoms with Crippen LogP contribution in [-0.2, 0) is 4.79 Å². The zero-order valence-corrected chi connectivity index (χ0v) is 16.7. The number of rotatable bonds is 4. The van der Waals surface area contributed by atoms with Gasteiger partial charge in [-0.1, -0.05) is 37.3 Å². The summed E-state index contributed by atoms with van der Waals surface area (Å²) >= 11 is 0. The molecule has 148 valence electrons. The second-order valence-electron chi connectivity index (χ2n) is 7.68. The number of benzene rings is 1. The SMILES string of the molecule is CCC1C(=O)N(C)c2cnc(-n3ccnc3-c3ccccc3)nc2N1C1CCC1. The Kier molecular flexibility index (Phi) is 4.30. The van der Waals surface area contributed by atoms with Gasteiger partial charge in [0, 0.05) is 31.0 Å². The third kappa shape index (κ3) is 2.80. The van der Waals surface area contributed by atoms with Crippen molar-refractivity contribution >= 4 is 17.4 Å². The van der Waals surface area contributed by atoms with Crippen molar-refractivity contribution in [3.8, 4) is 17.3 Å². The van der Waals surface area contributed by atoms with Crippen molar-refractivity contribution in [2.24, 2.45) is 0 Å². The number of carbonyl (C=O) groups is 1. The number of carbonyl (C=O) groups excluding carboxylic acids is 1. The van der Waals surface area contributed by atoms with Crippen LogP contribution in [0.2, 0.25) is 0 Å². The number of anilines is 2. The van der Waals surface area contributed by atoms with Crippen molar-refractivity contribution in [3.63, 3.8) is 0 Å². The molecular weight excluding hydrogens is 364 g/mol. The van der Waals surface area contributed by atoms with E-state index in [4.69, 9.17) is 4.98 Å². The first-order valence-corrected chi connectivity index (χ1v) is 10.2. The average molecular weight is 388 g/mol. The molecule has 1 aliphatic carbocycles. The molecule has 1 aromatic carbocycles. The third-order valence-corrected chi connectivity index (χ3v) is 6.04. The van der Waals surface area contributed by atoms with Crippen LogP contribution in [-0.4, -0.2) is 44.6 Å². The van der Waals surface area contributed by atoms with Gasteiger partial charge in [-0.15, -0.1) is 0 Å². The molecule has 1 unspecified atom stereocenters. The van der Waals surface area contributed by atoms with E-state index in [2.05, 4.69) is 21.8 Å². The number of aromatic nitrogens is 4. The molecule has 1 fully saturated rings. The first-order chi connectivity index (χ1) is 14.2. The maximum Gasteiger partial charge on any atom is 0.249 e. The van der Waals surface area contributed by atoms with Gasteiger partial charge in [0.05, 0.1) is 6.20 Å². The van der Waals surface area contributed by atoms with Gasteiger partial charge in [0.15, 0.2) is 5.82 Å². The summed E-state index contributed by atoms with van der Waals surface area (Å²) in [6, 6.07) is 10.2. The minimum atomic E-state index is -0.170. The molecule has 0 saturated heterocycles. The van der Waals surface area contributed by atoms with Gasteiger partial charge in [0.1, 0.15) is 17.6 Å². The van der Waals surface area contributed by atoms with Gasteiger partial charge in [0.25, 0.3) is 0 Å². The molecule has 0 N–H and O–H groups in total. The Morgan fingerprint density at radius 1 is 1.14 bits per heavy atom. The summed E-state index contributed by atoms with van der Waals surface area (Å²) in [6.45, 7) is 2.07. The summed E-state index contributed by atoms with van der Waals surface area (Å²) < 4.78 is 1.91. The first kappa shape index (κ1) is 17.8. The predicted molar refractivity (Wildman–Crippen MR) is 112 cm³/mol. The van der Waals surface area contributed by atoms with Gasteiger partial charge in [-0.05, 0) is 25.7 Å². The monoisotopic (exact) mass is 388 g/mol. The third-order valence-electron chi connectivity index (χ3n) is 6.04. The Morgan fingerprint density at radius 3 is 2.62 bits per heavy atom. The standard InChI is InChI=1S/C22H24N6O/c1-3-17-21(29)26(2)18-14-24-22(25-20(18)28(17)16-10-7-11-16)27-13-12-23-19(27)15-8-5-4-6-9-15/h4-6,8-9,12-14,16-17H,3,7,10-11H2,1-2H3. The van der Waals surface area contributed by atoms with Gasteiger partial charge in [-0.2, -0.15) is 4.98 Å².